The van der Waals surface area contributed by atoms with Crippen molar-refractivity contribution < 1.29 is 19.4 Å². The van der Waals surface area contributed by atoms with E-state index in [1.54, 1.807) is 0 Å². The molecule has 0 bridgehead atoms. The van der Waals surface area contributed by atoms with Crippen LogP contribution in [0.25, 0.3) is 0 Å². The van der Waals surface area contributed by atoms with Gasteiger partial charge >= 0.3 is 0 Å². The van der Waals surface area contributed by atoms with E-state index in [2.05, 4.69) is 9.80 Å². The SMILES string of the molecule is Cc1ccccc1OCC(O)CN1CCN(C(=O)CN2CCOCC2)CC1. The molecule has 2 aliphatic rings. The van der Waals surface area contributed by atoms with Crippen LogP contribution in [0, 0.1) is 6.92 Å². The van der Waals surface area contributed by atoms with Gasteiger partial charge in [0, 0.05) is 45.8 Å². The number of amides is 1. The molecule has 0 aromatic heterocycles. The van der Waals surface area contributed by atoms with E-state index < -0.39 is 6.10 Å². The summed E-state index contributed by atoms with van der Waals surface area (Å²) < 4.78 is 11.1. The van der Waals surface area contributed by atoms with Crippen molar-refractivity contribution in [3.8, 4) is 5.75 Å². The third-order valence-electron chi connectivity index (χ3n) is 5.18. The summed E-state index contributed by atoms with van der Waals surface area (Å²) in [6.07, 6.45) is -0.541. The van der Waals surface area contributed by atoms with Gasteiger partial charge in [0.1, 0.15) is 18.5 Å². The van der Waals surface area contributed by atoms with E-state index in [9.17, 15) is 9.90 Å². The second-order valence-electron chi connectivity index (χ2n) is 7.30. The molecule has 27 heavy (non-hydrogen) atoms. The molecule has 7 nitrogen and oxygen atoms in total. The van der Waals surface area contributed by atoms with Gasteiger partial charge in [-0.25, -0.2) is 0 Å². The summed E-state index contributed by atoms with van der Waals surface area (Å²) in [6.45, 7) is 9.42. The van der Waals surface area contributed by atoms with Crippen molar-refractivity contribution in [2.75, 3.05) is 72.2 Å². The molecule has 2 heterocycles. The summed E-state index contributed by atoms with van der Waals surface area (Å²) in [6, 6.07) is 7.82. The average molecular weight is 377 g/mol. The van der Waals surface area contributed by atoms with Crippen LogP contribution in [-0.2, 0) is 9.53 Å². The second kappa shape index (κ2) is 10.0. The van der Waals surface area contributed by atoms with Crippen molar-refractivity contribution in [2.45, 2.75) is 13.0 Å². The van der Waals surface area contributed by atoms with Crippen molar-refractivity contribution in [1.82, 2.24) is 14.7 Å². The summed E-state index contributed by atoms with van der Waals surface area (Å²) in [5, 5.41) is 10.3. The Morgan fingerprint density at radius 2 is 1.81 bits per heavy atom. The van der Waals surface area contributed by atoms with E-state index in [-0.39, 0.29) is 12.5 Å². The van der Waals surface area contributed by atoms with E-state index in [1.807, 2.05) is 36.1 Å². The van der Waals surface area contributed by atoms with Gasteiger partial charge in [-0.3, -0.25) is 14.6 Å². The van der Waals surface area contributed by atoms with E-state index in [0.29, 0.717) is 39.4 Å². The number of aliphatic hydroxyl groups excluding tert-OH is 1. The van der Waals surface area contributed by atoms with Crippen LogP contribution in [-0.4, -0.2) is 104 Å². The van der Waals surface area contributed by atoms with Crippen LogP contribution in [0.4, 0.5) is 0 Å². The minimum atomic E-state index is -0.541. The lowest BCUT2D eigenvalue weighted by atomic mass is 10.2. The Labute approximate surface area is 161 Å². The van der Waals surface area contributed by atoms with Gasteiger partial charge in [-0.05, 0) is 18.6 Å². The Hall–Kier alpha value is -1.67. The first-order valence-corrected chi connectivity index (χ1v) is 9.78. The summed E-state index contributed by atoms with van der Waals surface area (Å²) in [5.74, 6) is 1.01. The zero-order chi connectivity index (χ0) is 19.1. The molecule has 2 fully saturated rings. The lowest BCUT2D eigenvalue weighted by molar-refractivity contribution is -0.135. The molecule has 3 rings (SSSR count). The van der Waals surface area contributed by atoms with Crippen molar-refractivity contribution in [2.24, 2.45) is 0 Å². The lowest BCUT2D eigenvalue weighted by Gasteiger charge is -2.37. The maximum Gasteiger partial charge on any atom is 0.236 e. The molecule has 1 amide bonds. The van der Waals surface area contributed by atoms with Gasteiger partial charge in [-0.2, -0.15) is 0 Å². The molecule has 0 aliphatic carbocycles. The first-order chi connectivity index (χ1) is 13.1. The number of hydrogen-bond donors (Lipinski definition) is 1. The van der Waals surface area contributed by atoms with Crippen LogP contribution in [0.2, 0.25) is 0 Å². The third-order valence-corrected chi connectivity index (χ3v) is 5.18. The number of aryl methyl sites for hydroxylation is 1. The van der Waals surface area contributed by atoms with Gasteiger partial charge in [0.2, 0.25) is 5.91 Å². The Kier molecular flexibility index (Phi) is 7.46. The molecular formula is C20H31N3O4. The molecule has 7 heteroatoms. The van der Waals surface area contributed by atoms with Crippen molar-refractivity contribution in [1.29, 1.82) is 0 Å². The molecule has 1 unspecified atom stereocenters. The van der Waals surface area contributed by atoms with Crippen LogP contribution in [0.15, 0.2) is 24.3 Å². The summed E-state index contributed by atoms with van der Waals surface area (Å²) >= 11 is 0. The van der Waals surface area contributed by atoms with Crippen molar-refractivity contribution in [3.05, 3.63) is 29.8 Å². The van der Waals surface area contributed by atoms with Crippen molar-refractivity contribution in [3.63, 3.8) is 0 Å². The standard InChI is InChI=1S/C20H31N3O4/c1-17-4-2-3-5-19(17)27-16-18(24)14-21-6-8-23(9-7-21)20(25)15-22-10-12-26-13-11-22/h2-5,18,24H,6-16H2,1H3. The molecule has 1 aromatic rings. The van der Waals surface area contributed by atoms with Crippen LogP contribution in [0.5, 0.6) is 5.75 Å². The molecule has 0 spiro atoms. The highest BCUT2D eigenvalue weighted by atomic mass is 16.5. The predicted octanol–water partition coefficient (Wildman–Crippen LogP) is 0.211. The number of para-hydroxylation sites is 1. The zero-order valence-electron chi connectivity index (χ0n) is 16.2. The highest BCUT2D eigenvalue weighted by Gasteiger charge is 2.24. The number of aliphatic hydroxyl groups is 1. The van der Waals surface area contributed by atoms with Crippen molar-refractivity contribution >= 4 is 5.91 Å². The van der Waals surface area contributed by atoms with E-state index in [0.717, 1.165) is 37.5 Å². The number of benzene rings is 1. The summed E-state index contributed by atoms with van der Waals surface area (Å²) in [5.41, 5.74) is 1.07. The molecule has 150 valence electrons. The fraction of sp³-hybridized carbons (Fsp3) is 0.650. The minimum absolute atomic E-state index is 0.194. The largest absolute Gasteiger partial charge is 0.491 e. The molecular weight excluding hydrogens is 346 g/mol. The fourth-order valence-electron chi connectivity index (χ4n) is 3.49. The molecule has 0 saturated carbocycles. The minimum Gasteiger partial charge on any atom is -0.491 e. The normalized spacial score (nSPS) is 20.4. The summed E-state index contributed by atoms with van der Waals surface area (Å²) in [4.78, 5) is 18.7. The first-order valence-electron chi connectivity index (χ1n) is 9.78. The molecule has 1 aromatic carbocycles. The van der Waals surface area contributed by atoms with Gasteiger partial charge in [0.05, 0.1) is 19.8 Å². The van der Waals surface area contributed by atoms with Gasteiger partial charge in [0.15, 0.2) is 0 Å². The maximum atomic E-state index is 12.4. The van der Waals surface area contributed by atoms with E-state index >= 15 is 0 Å². The molecule has 2 saturated heterocycles. The fourth-order valence-corrected chi connectivity index (χ4v) is 3.49. The number of rotatable bonds is 7. The predicted molar refractivity (Wildman–Crippen MR) is 103 cm³/mol. The lowest BCUT2D eigenvalue weighted by Crippen LogP contribution is -2.53. The van der Waals surface area contributed by atoms with E-state index in [1.165, 1.54) is 0 Å². The quantitative estimate of drug-likeness (QED) is 0.733. The molecule has 0 radical (unpaired) electrons. The van der Waals surface area contributed by atoms with Gasteiger partial charge in [-0.1, -0.05) is 18.2 Å². The number of ether oxygens (including phenoxy) is 2. The van der Waals surface area contributed by atoms with Gasteiger partial charge in [-0.15, -0.1) is 0 Å². The monoisotopic (exact) mass is 377 g/mol. The Balaban J connectivity index is 1.35. The van der Waals surface area contributed by atoms with Gasteiger partial charge < -0.3 is 19.5 Å². The maximum absolute atomic E-state index is 12.4. The topological polar surface area (TPSA) is 65.5 Å². The molecule has 1 N–H and O–H groups in total. The van der Waals surface area contributed by atoms with Crippen LogP contribution in [0.3, 0.4) is 0 Å². The number of carbonyl (C=O) groups excluding carboxylic acids is 1. The Bertz CT molecular complexity index is 599. The van der Waals surface area contributed by atoms with Crippen LogP contribution in [0.1, 0.15) is 5.56 Å². The van der Waals surface area contributed by atoms with Crippen LogP contribution >= 0.6 is 0 Å². The third kappa shape index (κ3) is 6.17. The average Bonchev–Trinajstić information content (AvgIpc) is 2.69. The molecule has 1 atom stereocenters. The number of piperazine rings is 1. The number of β-amino-alcohol motifs (C(OH)–C–C–N with tert-alkyl or cyclic N) is 1. The highest BCUT2D eigenvalue weighted by Crippen LogP contribution is 2.16. The number of hydrogen-bond acceptors (Lipinski definition) is 6. The highest BCUT2D eigenvalue weighted by molar-refractivity contribution is 5.78. The number of nitrogens with zero attached hydrogens (tertiary/aromatic N) is 3. The summed E-state index contributed by atoms with van der Waals surface area (Å²) in [7, 11) is 0. The Morgan fingerprint density at radius 3 is 2.52 bits per heavy atom. The molecule has 2 aliphatic heterocycles. The Morgan fingerprint density at radius 1 is 1.11 bits per heavy atom. The van der Waals surface area contributed by atoms with Gasteiger partial charge in [0.25, 0.3) is 0 Å². The smallest absolute Gasteiger partial charge is 0.236 e. The van der Waals surface area contributed by atoms with E-state index in [4.69, 9.17) is 9.47 Å². The first kappa shape index (κ1) is 20.1. The second-order valence-corrected chi connectivity index (χ2v) is 7.30. The zero-order valence-corrected chi connectivity index (χ0v) is 16.2. The van der Waals surface area contributed by atoms with Crippen LogP contribution < -0.4 is 4.74 Å². The number of morpholine rings is 1. The number of carbonyl (C=O) groups is 1.